The highest BCUT2D eigenvalue weighted by molar-refractivity contribution is 5.89. The zero-order valence-electron chi connectivity index (χ0n) is 18.9. The van der Waals surface area contributed by atoms with Crippen LogP contribution in [0.25, 0.3) is 0 Å². The maximum atomic E-state index is 12.8. The molecule has 0 N–H and O–H groups in total. The summed E-state index contributed by atoms with van der Waals surface area (Å²) in [6.45, 7) is 8.99. The fourth-order valence-electron chi connectivity index (χ4n) is 7.37. The molecule has 4 rings (SSSR count). The third-order valence-corrected chi connectivity index (χ3v) is 8.87. The maximum absolute atomic E-state index is 12.8. The van der Waals surface area contributed by atoms with Crippen molar-refractivity contribution in [3.05, 3.63) is 23.3 Å². The molecule has 3 saturated carbocycles. The quantitative estimate of drug-likeness (QED) is 0.627. The van der Waals surface area contributed by atoms with Gasteiger partial charge in [0.25, 0.3) is 0 Å². The number of hydrogen-bond acceptors (Lipinski definition) is 5. The molecule has 0 spiro atoms. The minimum atomic E-state index is -1.01. The lowest BCUT2D eigenvalue weighted by Gasteiger charge is -2.56. The number of ketones is 1. The average Bonchev–Trinajstić information content (AvgIpc) is 2.94. The summed E-state index contributed by atoms with van der Waals surface area (Å²) >= 11 is 0. The van der Waals surface area contributed by atoms with E-state index in [0.717, 1.165) is 38.5 Å². The van der Waals surface area contributed by atoms with Crippen LogP contribution in [0.1, 0.15) is 79.6 Å². The molecular formula is C25H34O5. The van der Waals surface area contributed by atoms with Crippen molar-refractivity contribution >= 4 is 17.7 Å². The molecular weight excluding hydrogens is 380 g/mol. The van der Waals surface area contributed by atoms with Gasteiger partial charge >= 0.3 is 11.9 Å². The summed E-state index contributed by atoms with van der Waals surface area (Å²) in [5, 5.41) is 0. The monoisotopic (exact) mass is 414 g/mol. The van der Waals surface area contributed by atoms with Crippen molar-refractivity contribution in [3.63, 3.8) is 0 Å². The molecule has 0 aliphatic heterocycles. The number of allylic oxidation sites excluding steroid dienone is 3. The van der Waals surface area contributed by atoms with E-state index >= 15 is 0 Å². The minimum Gasteiger partial charge on any atom is -0.462 e. The molecule has 0 aromatic heterocycles. The Bertz CT molecular complexity index is 854. The zero-order chi connectivity index (χ0) is 21.9. The predicted octanol–water partition coefficient (Wildman–Crippen LogP) is 4.69. The van der Waals surface area contributed by atoms with Gasteiger partial charge in [-0.25, -0.2) is 0 Å². The molecule has 0 radical (unpaired) electrons. The Labute approximate surface area is 179 Å². The van der Waals surface area contributed by atoms with E-state index in [4.69, 9.17) is 9.47 Å². The number of Topliss-reactive ketones (excluding diaryl/α,β-unsaturated/α-hetero) is 1. The molecule has 5 heteroatoms. The summed E-state index contributed by atoms with van der Waals surface area (Å²) in [6, 6.07) is 0. The van der Waals surface area contributed by atoms with Crippen LogP contribution in [-0.2, 0) is 23.9 Å². The summed E-state index contributed by atoms with van der Waals surface area (Å²) in [5.41, 5.74) is 1.52. The van der Waals surface area contributed by atoms with Crippen LogP contribution >= 0.6 is 0 Å². The van der Waals surface area contributed by atoms with Crippen molar-refractivity contribution in [3.8, 4) is 0 Å². The number of carbonyl (C=O) groups is 3. The van der Waals surface area contributed by atoms with Crippen LogP contribution < -0.4 is 0 Å². The molecule has 0 bridgehead atoms. The molecule has 164 valence electrons. The SMILES string of the molecule is CC(=O)O[C@H]1CC[C@@]2(C)C(=CC=C3C2CC[C@@]2(C)C3CC[C@]2(OC(C)=O)C(C)=O)C1. The summed E-state index contributed by atoms with van der Waals surface area (Å²) in [4.78, 5) is 36.1. The fourth-order valence-corrected chi connectivity index (χ4v) is 7.37. The second kappa shape index (κ2) is 7.06. The number of esters is 2. The molecule has 4 aliphatic rings. The smallest absolute Gasteiger partial charge is 0.303 e. The van der Waals surface area contributed by atoms with Gasteiger partial charge in [-0.05, 0) is 62.7 Å². The number of ether oxygens (including phenoxy) is 2. The minimum absolute atomic E-state index is 0.0218. The van der Waals surface area contributed by atoms with Gasteiger partial charge in [0.1, 0.15) is 6.10 Å². The van der Waals surface area contributed by atoms with Gasteiger partial charge in [-0.1, -0.05) is 37.1 Å². The lowest BCUT2D eigenvalue weighted by Crippen LogP contribution is -2.56. The highest BCUT2D eigenvalue weighted by Crippen LogP contribution is 2.66. The Kier molecular flexibility index (Phi) is 5.02. The second-order valence-corrected chi connectivity index (χ2v) is 10.3. The van der Waals surface area contributed by atoms with E-state index in [1.54, 1.807) is 6.92 Å². The standard InChI is InChI=1S/C25H34O5/c1-15(26)25(30-17(3)28)13-10-22-20-7-6-18-14-19(29-16(2)27)8-11-23(18,4)21(20)9-12-24(22,25)5/h6-7,19,21-22H,8-14H2,1-5H3/t19-,21?,22?,23-,24-,25-/m0/s1. The van der Waals surface area contributed by atoms with E-state index in [-0.39, 0.29) is 40.6 Å². The van der Waals surface area contributed by atoms with Gasteiger partial charge in [-0.2, -0.15) is 0 Å². The van der Waals surface area contributed by atoms with E-state index < -0.39 is 5.60 Å². The van der Waals surface area contributed by atoms with Crippen LogP contribution in [0.4, 0.5) is 0 Å². The molecule has 0 aromatic rings. The van der Waals surface area contributed by atoms with E-state index in [1.807, 2.05) is 0 Å². The van der Waals surface area contributed by atoms with Gasteiger partial charge in [0.05, 0.1) is 0 Å². The van der Waals surface area contributed by atoms with E-state index in [9.17, 15) is 14.4 Å². The Morgan fingerprint density at radius 2 is 1.60 bits per heavy atom. The van der Waals surface area contributed by atoms with Crippen molar-refractivity contribution in [1.82, 2.24) is 0 Å². The number of rotatable bonds is 3. The predicted molar refractivity (Wildman–Crippen MR) is 112 cm³/mol. The van der Waals surface area contributed by atoms with Crippen molar-refractivity contribution in [2.45, 2.75) is 91.3 Å². The largest absolute Gasteiger partial charge is 0.462 e. The van der Waals surface area contributed by atoms with Gasteiger partial charge in [-0.15, -0.1) is 0 Å². The first-order chi connectivity index (χ1) is 14.0. The first kappa shape index (κ1) is 21.3. The molecule has 3 fully saturated rings. The fraction of sp³-hybridized carbons (Fsp3) is 0.720. The molecule has 0 amide bonds. The molecule has 30 heavy (non-hydrogen) atoms. The van der Waals surface area contributed by atoms with Gasteiger partial charge in [0.15, 0.2) is 11.4 Å². The molecule has 2 unspecified atom stereocenters. The third-order valence-electron chi connectivity index (χ3n) is 8.87. The normalized spacial score (nSPS) is 42.1. The topological polar surface area (TPSA) is 69.7 Å². The number of fused-ring (bicyclic) bond motifs is 5. The number of hydrogen-bond donors (Lipinski definition) is 0. The Balaban J connectivity index is 1.68. The van der Waals surface area contributed by atoms with Crippen molar-refractivity contribution in [2.75, 3.05) is 0 Å². The van der Waals surface area contributed by atoms with Gasteiger partial charge < -0.3 is 9.47 Å². The van der Waals surface area contributed by atoms with Crippen LogP contribution in [-0.4, -0.2) is 29.4 Å². The first-order valence-corrected chi connectivity index (χ1v) is 11.3. The lowest BCUT2D eigenvalue weighted by atomic mass is 9.49. The summed E-state index contributed by atoms with van der Waals surface area (Å²) < 4.78 is 11.3. The van der Waals surface area contributed by atoms with Crippen molar-refractivity contribution in [1.29, 1.82) is 0 Å². The highest BCUT2D eigenvalue weighted by atomic mass is 16.6. The lowest BCUT2D eigenvalue weighted by molar-refractivity contribution is -0.181. The molecule has 0 saturated heterocycles. The molecule has 5 nitrogen and oxygen atoms in total. The first-order valence-electron chi connectivity index (χ1n) is 11.3. The van der Waals surface area contributed by atoms with Crippen LogP contribution in [0, 0.1) is 22.7 Å². The second-order valence-electron chi connectivity index (χ2n) is 10.3. The van der Waals surface area contributed by atoms with Crippen LogP contribution in [0.3, 0.4) is 0 Å². The summed E-state index contributed by atoms with van der Waals surface area (Å²) in [7, 11) is 0. The van der Waals surface area contributed by atoms with Gasteiger partial charge in [0.2, 0.25) is 0 Å². The van der Waals surface area contributed by atoms with Crippen LogP contribution in [0.15, 0.2) is 23.3 Å². The van der Waals surface area contributed by atoms with Crippen molar-refractivity contribution in [2.24, 2.45) is 22.7 Å². The van der Waals surface area contributed by atoms with Crippen LogP contribution in [0.2, 0.25) is 0 Å². The molecule has 6 atom stereocenters. The van der Waals surface area contributed by atoms with Gasteiger partial charge in [-0.3, -0.25) is 14.4 Å². The molecule has 4 aliphatic carbocycles. The van der Waals surface area contributed by atoms with Gasteiger partial charge in [0, 0.05) is 25.7 Å². The Hall–Kier alpha value is -1.91. The van der Waals surface area contributed by atoms with E-state index in [1.165, 1.54) is 25.0 Å². The number of carbonyl (C=O) groups excluding carboxylic acids is 3. The highest BCUT2D eigenvalue weighted by Gasteiger charge is 2.66. The van der Waals surface area contributed by atoms with Crippen molar-refractivity contribution < 1.29 is 23.9 Å². The molecule has 0 aromatic carbocycles. The third kappa shape index (κ3) is 2.91. The van der Waals surface area contributed by atoms with E-state index in [2.05, 4.69) is 26.0 Å². The average molecular weight is 415 g/mol. The van der Waals surface area contributed by atoms with E-state index in [0.29, 0.717) is 12.3 Å². The summed E-state index contributed by atoms with van der Waals surface area (Å²) in [6.07, 6.45) is 10.5. The Morgan fingerprint density at radius 3 is 2.23 bits per heavy atom. The zero-order valence-corrected chi connectivity index (χ0v) is 18.9. The maximum Gasteiger partial charge on any atom is 0.303 e. The van der Waals surface area contributed by atoms with Crippen LogP contribution in [0.5, 0.6) is 0 Å². The molecule has 0 heterocycles. The summed E-state index contributed by atoms with van der Waals surface area (Å²) in [5.74, 6) is 0.0857. The Morgan fingerprint density at radius 1 is 0.900 bits per heavy atom.